The summed E-state index contributed by atoms with van der Waals surface area (Å²) in [5, 5.41) is 8.97. The van der Waals surface area contributed by atoms with Crippen molar-refractivity contribution in [2.45, 2.75) is 13.8 Å². The van der Waals surface area contributed by atoms with Crippen LogP contribution in [-0.4, -0.2) is 40.5 Å². The van der Waals surface area contributed by atoms with Crippen molar-refractivity contribution in [2.24, 2.45) is 5.92 Å². The highest BCUT2D eigenvalue weighted by atomic mass is 16.4. The smallest absolute Gasteiger partial charge is 0.338 e. The minimum atomic E-state index is -1.14. The minimum Gasteiger partial charge on any atom is -0.478 e. The third-order valence-electron chi connectivity index (χ3n) is 2.23. The molecule has 1 N–H and O–H groups in total. The Labute approximate surface area is 100 Å². The van der Waals surface area contributed by atoms with Crippen molar-refractivity contribution in [3.8, 4) is 0 Å². The molecule has 0 saturated carbocycles. The molecular weight excluding hydrogens is 220 g/mol. The van der Waals surface area contributed by atoms with Gasteiger partial charge in [0, 0.05) is 19.8 Å². The number of aromatic nitrogens is 1. The molecule has 92 valence electrons. The second kappa shape index (κ2) is 5.43. The van der Waals surface area contributed by atoms with Crippen LogP contribution in [0.3, 0.4) is 0 Å². The van der Waals surface area contributed by atoms with Gasteiger partial charge < -0.3 is 10.0 Å². The van der Waals surface area contributed by atoms with Gasteiger partial charge in [-0.05, 0) is 18.1 Å². The Morgan fingerprint density at radius 3 is 2.65 bits per heavy atom. The summed E-state index contributed by atoms with van der Waals surface area (Å²) >= 11 is 0. The van der Waals surface area contributed by atoms with Crippen LogP contribution in [0.25, 0.3) is 0 Å². The number of hydrogen-bond acceptors (Lipinski definition) is 3. The number of rotatable bonds is 4. The first kappa shape index (κ1) is 13.2. The number of carbonyl (C=O) groups excluding carboxylic acids is 1. The zero-order chi connectivity index (χ0) is 13.0. The van der Waals surface area contributed by atoms with Crippen LogP contribution in [0.15, 0.2) is 18.3 Å². The van der Waals surface area contributed by atoms with Gasteiger partial charge in [0.15, 0.2) is 0 Å². The monoisotopic (exact) mass is 236 g/mol. The van der Waals surface area contributed by atoms with Gasteiger partial charge in [0.2, 0.25) is 0 Å². The predicted octanol–water partition coefficient (Wildman–Crippen LogP) is 1.51. The van der Waals surface area contributed by atoms with Gasteiger partial charge in [0.05, 0.1) is 5.56 Å². The Morgan fingerprint density at radius 2 is 2.12 bits per heavy atom. The number of aromatic carboxylic acids is 1. The molecular formula is C12H16N2O3. The highest BCUT2D eigenvalue weighted by molar-refractivity contribution is 6.03. The average molecular weight is 236 g/mol. The van der Waals surface area contributed by atoms with E-state index in [1.165, 1.54) is 23.2 Å². The van der Waals surface area contributed by atoms with Crippen molar-refractivity contribution in [3.63, 3.8) is 0 Å². The quantitative estimate of drug-likeness (QED) is 0.860. The highest BCUT2D eigenvalue weighted by Gasteiger charge is 2.20. The topological polar surface area (TPSA) is 70.5 Å². The number of carbonyl (C=O) groups is 2. The van der Waals surface area contributed by atoms with E-state index in [0.717, 1.165) is 0 Å². The largest absolute Gasteiger partial charge is 0.478 e. The fourth-order valence-corrected chi connectivity index (χ4v) is 1.56. The summed E-state index contributed by atoms with van der Waals surface area (Å²) in [4.78, 5) is 28.3. The van der Waals surface area contributed by atoms with Crippen molar-refractivity contribution in [3.05, 3.63) is 29.6 Å². The summed E-state index contributed by atoms with van der Waals surface area (Å²) in [5.41, 5.74) is -0.0729. The van der Waals surface area contributed by atoms with Gasteiger partial charge in [-0.15, -0.1) is 0 Å². The van der Waals surface area contributed by atoms with E-state index in [2.05, 4.69) is 4.98 Å². The summed E-state index contributed by atoms with van der Waals surface area (Å²) < 4.78 is 0. The molecule has 0 unspecified atom stereocenters. The molecule has 0 saturated heterocycles. The Morgan fingerprint density at radius 1 is 1.47 bits per heavy atom. The molecule has 0 radical (unpaired) electrons. The molecule has 5 nitrogen and oxygen atoms in total. The van der Waals surface area contributed by atoms with Gasteiger partial charge in [-0.2, -0.15) is 0 Å². The molecule has 0 aliphatic carbocycles. The van der Waals surface area contributed by atoms with E-state index < -0.39 is 5.97 Å². The van der Waals surface area contributed by atoms with Crippen molar-refractivity contribution in [1.82, 2.24) is 9.88 Å². The minimum absolute atomic E-state index is 0.0110. The lowest BCUT2D eigenvalue weighted by Crippen LogP contribution is -2.32. The molecule has 0 aliphatic rings. The Kier molecular flexibility index (Phi) is 4.20. The van der Waals surface area contributed by atoms with Crippen LogP contribution < -0.4 is 0 Å². The van der Waals surface area contributed by atoms with Gasteiger partial charge in [0.1, 0.15) is 5.69 Å². The third kappa shape index (κ3) is 3.27. The van der Waals surface area contributed by atoms with Crippen molar-refractivity contribution in [1.29, 1.82) is 0 Å². The first-order chi connectivity index (χ1) is 7.93. The van der Waals surface area contributed by atoms with E-state index in [-0.39, 0.29) is 17.2 Å². The van der Waals surface area contributed by atoms with Gasteiger partial charge in [-0.25, -0.2) is 4.79 Å². The lowest BCUT2D eigenvalue weighted by molar-refractivity contribution is 0.0677. The summed E-state index contributed by atoms with van der Waals surface area (Å²) in [6.45, 7) is 4.54. The molecule has 1 aromatic rings. The van der Waals surface area contributed by atoms with Gasteiger partial charge in [-0.3, -0.25) is 9.78 Å². The van der Waals surface area contributed by atoms with Crippen LogP contribution in [0.2, 0.25) is 0 Å². The van der Waals surface area contributed by atoms with Crippen molar-refractivity contribution in [2.75, 3.05) is 13.6 Å². The summed E-state index contributed by atoms with van der Waals surface area (Å²) in [6.07, 6.45) is 1.42. The number of pyridine rings is 1. The Balaban J connectivity index is 3.00. The molecule has 0 atom stereocenters. The number of carboxylic acids is 1. The van der Waals surface area contributed by atoms with Crippen molar-refractivity contribution >= 4 is 11.9 Å². The van der Waals surface area contributed by atoms with Crippen molar-refractivity contribution < 1.29 is 14.7 Å². The molecule has 17 heavy (non-hydrogen) atoms. The van der Waals surface area contributed by atoms with Crippen LogP contribution in [0.4, 0.5) is 0 Å². The second-order valence-electron chi connectivity index (χ2n) is 4.28. The van der Waals surface area contributed by atoms with E-state index in [1.54, 1.807) is 7.05 Å². The van der Waals surface area contributed by atoms with Gasteiger partial charge >= 0.3 is 5.97 Å². The molecule has 1 rings (SSSR count). The molecule has 0 aromatic carbocycles. The molecule has 0 spiro atoms. The van der Waals surface area contributed by atoms with Crippen LogP contribution in [0, 0.1) is 5.92 Å². The van der Waals surface area contributed by atoms with E-state index in [4.69, 9.17) is 5.11 Å². The summed E-state index contributed by atoms with van der Waals surface area (Å²) in [6, 6.07) is 2.88. The zero-order valence-corrected chi connectivity index (χ0v) is 10.2. The summed E-state index contributed by atoms with van der Waals surface area (Å²) in [7, 11) is 1.64. The summed E-state index contributed by atoms with van der Waals surface area (Å²) in [5.74, 6) is -1.18. The standard InChI is InChI=1S/C12H16N2O3/c1-8(2)7-14(3)11(15)10-9(12(16)17)5-4-6-13-10/h4-6,8H,7H2,1-3H3,(H,16,17). The molecule has 0 bridgehead atoms. The number of carboxylic acid groups (broad SMARTS) is 1. The lowest BCUT2D eigenvalue weighted by atomic mass is 10.1. The molecule has 5 heteroatoms. The zero-order valence-electron chi connectivity index (χ0n) is 10.2. The maximum Gasteiger partial charge on any atom is 0.338 e. The van der Waals surface area contributed by atoms with E-state index in [0.29, 0.717) is 12.5 Å². The predicted molar refractivity (Wildman–Crippen MR) is 63.0 cm³/mol. The Hall–Kier alpha value is -1.91. The van der Waals surface area contributed by atoms with Crippen LogP contribution >= 0.6 is 0 Å². The maximum absolute atomic E-state index is 12.0. The van der Waals surface area contributed by atoms with Crippen LogP contribution in [-0.2, 0) is 0 Å². The van der Waals surface area contributed by atoms with Gasteiger partial charge in [0.25, 0.3) is 5.91 Å². The average Bonchev–Trinajstić information content (AvgIpc) is 2.27. The molecule has 1 amide bonds. The Bertz CT molecular complexity index is 430. The highest BCUT2D eigenvalue weighted by Crippen LogP contribution is 2.09. The third-order valence-corrected chi connectivity index (χ3v) is 2.23. The molecule has 0 fully saturated rings. The second-order valence-corrected chi connectivity index (χ2v) is 4.28. The maximum atomic E-state index is 12.0. The number of hydrogen-bond donors (Lipinski definition) is 1. The number of nitrogens with zero attached hydrogens (tertiary/aromatic N) is 2. The molecule has 0 aliphatic heterocycles. The van der Waals surface area contributed by atoms with Crippen LogP contribution in [0.5, 0.6) is 0 Å². The van der Waals surface area contributed by atoms with Crippen LogP contribution in [0.1, 0.15) is 34.7 Å². The SMILES string of the molecule is CC(C)CN(C)C(=O)c1ncccc1C(=O)O. The van der Waals surface area contributed by atoms with Gasteiger partial charge in [-0.1, -0.05) is 13.8 Å². The lowest BCUT2D eigenvalue weighted by Gasteiger charge is -2.19. The first-order valence-corrected chi connectivity index (χ1v) is 5.37. The normalized spacial score (nSPS) is 10.4. The fraction of sp³-hybridized carbons (Fsp3) is 0.417. The fourth-order valence-electron chi connectivity index (χ4n) is 1.56. The molecule has 1 heterocycles. The first-order valence-electron chi connectivity index (χ1n) is 5.37. The van der Waals surface area contributed by atoms with E-state index in [1.807, 2.05) is 13.8 Å². The van der Waals surface area contributed by atoms with E-state index >= 15 is 0 Å². The van der Waals surface area contributed by atoms with E-state index in [9.17, 15) is 9.59 Å². The molecule has 1 aromatic heterocycles. The number of amides is 1.